The van der Waals surface area contributed by atoms with Gasteiger partial charge in [-0.15, -0.1) is 0 Å². The van der Waals surface area contributed by atoms with Gasteiger partial charge >= 0.3 is 11.9 Å². The van der Waals surface area contributed by atoms with Gasteiger partial charge in [0.2, 0.25) is 17.7 Å². The summed E-state index contributed by atoms with van der Waals surface area (Å²) in [7, 11) is 0. The van der Waals surface area contributed by atoms with Crippen LogP contribution in [-0.2, 0) is 30.4 Å². The average Bonchev–Trinajstić information content (AvgIpc) is 2.78. The molecule has 35 heavy (non-hydrogen) atoms. The Morgan fingerprint density at radius 1 is 0.886 bits per heavy atom. The minimum atomic E-state index is -1.53. The summed E-state index contributed by atoms with van der Waals surface area (Å²) in [6, 6.07) is 0.920. The Balaban J connectivity index is 2.75. The number of unbranched alkanes of at least 4 members (excludes halogenated alkanes) is 1. The highest BCUT2D eigenvalue weighted by atomic mass is 16.4. The molecule has 194 valence electrons. The number of hydrogen-bond donors (Lipinski definition) is 8. The molecule has 1 rings (SSSR count). The fraction of sp³-hybridized carbons (Fsp3) is 0.500. The molecule has 0 bridgehead atoms. The van der Waals surface area contributed by atoms with Crippen LogP contribution in [0.25, 0.3) is 0 Å². The van der Waals surface area contributed by atoms with Gasteiger partial charge in [0.05, 0.1) is 12.5 Å². The number of nitrogens with two attached hydrogens (primary N) is 2. The molecule has 0 spiro atoms. The molecule has 4 atom stereocenters. The number of amides is 3. The molecule has 4 unspecified atom stereocenters. The van der Waals surface area contributed by atoms with Crippen molar-refractivity contribution in [3.63, 3.8) is 0 Å². The molecule has 1 aromatic rings. The molecule has 0 saturated heterocycles. The van der Waals surface area contributed by atoms with Crippen LogP contribution in [0.2, 0.25) is 0 Å². The van der Waals surface area contributed by atoms with Crippen molar-refractivity contribution in [3.05, 3.63) is 29.8 Å². The third kappa shape index (κ3) is 10.8. The van der Waals surface area contributed by atoms with E-state index >= 15 is 0 Å². The summed E-state index contributed by atoms with van der Waals surface area (Å²) < 4.78 is 0. The number of aromatic hydroxyl groups is 1. The summed E-state index contributed by atoms with van der Waals surface area (Å²) in [5, 5.41) is 34.6. The van der Waals surface area contributed by atoms with E-state index < -0.39 is 60.2 Å². The third-order valence-electron chi connectivity index (χ3n) is 5.05. The highest BCUT2D eigenvalue weighted by molar-refractivity contribution is 5.95. The van der Waals surface area contributed by atoms with Crippen LogP contribution in [0.1, 0.15) is 38.2 Å². The largest absolute Gasteiger partial charge is 0.508 e. The van der Waals surface area contributed by atoms with E-state index in [9.17, 15) is 34.2 Å². The fourth-order valence-corrected chi connectivity index (χ4v) is 3.07. The number of benzene rings is 1. The minimum Gasteiger partial charge on any atom is -0.508 e. The summed E-state index contributed by atoms with van der Waals surface area (Å²) in [6.07, 6.45) is 0.500. The predicted molar refractivity (Wildman–Crippen MR) is 124 cm³/mol. The van der Waals surface area contributed by atoms with Crippen LogP contribution in [0.3, 0.4) is 0 Å². The second-order valence-corrected chi connectivity index (χ2v) is 8.05. The zero-order valence-corrected chi connectivity index (χ0v) is 19.4. The molecule has 0 heterocycles. The number of carboxylic acids is 2. The van der Waals surface area contributed by atoms with Crippen molar-refractivity contribution in [2.45, 2.75) is 63.2 Å². The molecule has 10 N–H and O–H groups in total. The van der Waals surface area contributed by atoms with Gasteiger partial charge in [-0.2, -0.15) is 0 Å². The third-order valence-corrected chi connectivity index (χ3v) is 5.05. The Hall–Kier alpha value is -3.71. The smallest absolute Gasteiger partial charge is 0.326 e. The van der Waals surface area contributed by atoms with E-state index in [1.54, 1.807) is 12.1 Å². The number of hydrogen-bond acceptors (Lipinski definition) is 8. The van der Waals surface area contributed by atoms with Crippen LogP contribution in [0.15, 0.2) is 24.3 Å². The van der Waals surface area contributed by atoms with Gasteiger partial charge in [0, 0.05) is 0 Å². The molecule has 0 aromatic heterocycles. The number of carbonyl (C=O) groups is 5. The van der Waals surface area contributed by atoms with Gasteiger partial charge in [-0.1, -0.05) is 12.1 Å². The number of nitrogens with one attached hydrogen (secondary N) is 3. The van der Waals surface area contributed by atoms with E-state index in [2.05, 4.69) is 16.0 Å². The van der Waals surface area contributed by atoms with Crippen LogP contribution in [0.4, 0.5) is 0 Å². The first kappa shape index (κ1) is 29.3. The van der Waals surface area contributed by atoms with E-state index in [4.69, 9.17) is 16.6 Å². The quantitative estimate of drug-likeness (QED) is 0.130. The fourth-order valence-electron chi connectivity index (χ4n) is 3.07. The highest BCUT2D eigenvalue weighted by Gasteiger charge is 2.29. The first-order chi connectivity index (χ1) is 16.4. The maximum Gasteiger partial charge on any atom is 0.326 e. The topological polar surface area (TPSA) is 234 Å². The molecule has 0 aliphatic rings. The molecular formula is C22H33N5O8. The first-order valence-corrected chi connectivity index (χ1v) is 11.0. The number of rotatable bonds is 15. The van der Waals surface area contributed by atoms with Crippen molar-refractivity contribution in [3.8, 4) is 5.75 Å². The zero-order valence-electron chi connectivity index (χ0n) is 19.4. The van der Waals surface area contributed by atoms with Gasteiger partial charge in [-0.3, -0.25) is 19.2 Å². The zero-order chi connectivity index (χ0) is 26.5. The molecular weight excluding hydrogens is 462 g/mol. The van der Waals surface area contributed by atoms with Crippen molar-refractivity contribution in [1.29, 1.82) is 0 Å². The van der Waals surface area contributed by atoms with Crippen LogP contribution in [0, 0.1) is 0 Å². The monoisotopic (exact) mass is 495 g/mol. The molecule has 3 amide bonds. The van der Waals surface area contributed by atoms with Gasteiger partial charge in [-0.05, 0) is 56.8 Å². The van der Waals surface area contributed by atoms with E-state index in [0.29, 0.717) is 24.9 Å². The summed E-state index contributed by atoms with van der Waals surface area (Å²) in [6.45, 7) is 1.67. The van der Waals surface area contributed by atoms with Crippen molar-refractivity contribution >= 4 is 29.7 Å². The number of carboxylic acid groups (broad SMARTS) is 2. The summed E-state index contributed by atoms with van der Waals surface area (Å²) in [4.78, 5) is 60.0. The van der Waals surface area contributed by atoms with Gasteiger partial charge < -0.3 is 42.7 Å². The molecule has 0 radical (unpaired) electrons. The molecule has 0 aliphatic carbocycles. The van der Waals surface area contributed by atoms with E-state index in [1.807, 2.05) is 0 Å². The molecule has 0 fully saturated rings. The SMILES string of the molecule is CC(NC(=O)C(CC(=O)O)NC(=O)C(N)Cc1ccc(O)cc1)C(=O)NC(CCCCN)C(=O)O. The second-order valence-electron chi connectivity index (χ2n) is 8.05. The Morgan fingerprint density at radius 2 is 1.49 bits per heavy atom. The van der Waals surface area contributed by atoms with Crippen molar-refractivity contribution in [2.75, 3.05) is 6.54 Å². The van der Waals surface area contributed by atoms with E-state index in [-0.39, 0.29) is 18.6 Å². The van der Waals surface area contributed by atoms with Crippen molar-refractivity contribution < 1.29 is 39.3 Å². The Morgan fingerprint density at radius 3 is 2.03 bits per heavy atom. The lowest BCUT2D eigenvalue weighted by Gasteiger charge is -2.23. The van der Waals surface area contributed by atoms with Crippen molar-refractivity contribution in [2.24, 2.45) is 11.5 Å². The Bertz CT molecular complexity index is 892. The lowest BCUT2D eigenvalue weighted by Crippen LogP contribution is -2.56. The maximum atomic E-state index is 12.6. The van der Waals surface area contributed by atoms with Crippen LogP contribution in [0.5, 0.6) is 5.75 Å². The summed E-state index contributed by atoms with van der Waals surface area (Å²) in [5.41, 5.74) is 11.9. The predicted octanol–water partition coefficient (Wildman–Crippen LogP) is -1.58. The number of phenols is 1. The number of aliphatic carboxylic acids is 2. The van der Waals surface area contributed by atoms with Gasteiger partial charge in [-0.25, -0.2) is 4.79 Å². The van der Waals surface area contributed by atoms with Gasteiger partial charge in [0.25, 0.3) is 0 Å². The van der Waals surface area contributed by atoms with E-state index in [0.717, 1.165) is 0 Å². The minimum absolute atomic E-state index is 0.0355. The summed E-state index contributed by atoms with van der Waals surface area (Å²) >= 11 is 0. The van der Waals surface area contributed by atoms with Crippen LogP contribution < -0.4 is 27.4 Å². The standard InChI is InChI=1S/C22H33N5O8/c1-12(19(31)26-16(22(34)35)4-2-3-9-23)25-21(33)17(11-18(29)30)27-20(32)15(24)10-13-5-7-14(28)8-6-13/h5-8,12,15-17,28H,2-4,9-11,23-24H2,1H3,(H,25,33)(H,26,31)(H,27,32)(H,29,30)(H,34,35). The van der Waals surface area contributed by atoms with Gasteiger partial charge in [0.1, 0.15) is 23.9 Å². The molecule has 0 aliphatic heterocycles. The molecule has 13 nitrogen and oxygen atoms in total. The lowest BCUT2D eigenvalue weighted by atomic mass is 10.0. The van der Waals surface area contributed by atoms with E-state index in [1.165, 1.54) is 19.1 Å². The molecule has 1 aromatic carbocycles. The molecule has 0 saturated carbocycles. The highest BCUT2D eigenvalue weighted by Crippen LogP contribution is 2.11. The Kier molecular flexibility index (Phi) is 12.2. The molecule has 13 heteroatoms. The number of carbonyl (C=O) groups excluding carboxylic acids is 3. The lowest BCUT2D eigenvalue weighted by molar-refractivity contribution is -0.143. The Labute approximate surface area is 202 Å². The second kappa shape index (κ2) is 14.5. The maximum absolute atomic E-state index is 12.6. The van der Waals surface area contributed by atoms with Crippen LogP contribution in [-0.4, -0.2) is 75.7 Å². The van der Waals surface area contributed by atoms with Crippen LogP contribution >= 0.6 is 0 Å². The van der Waals surface area contributed by atoms with Gasteiger partial charge in [0.15, 0.2) is 0 Å². The number of phenolic OH excluding ortho intramolecular Hbond substituents is 1. The average molecular weight is 496 g/mol. The summed E-state index contributed by atoms with van der Waals surface area (Å²) in [5.74, 6) is -5.11. The normalized spacial score (nSPS) is 14.1. The van der Waals surface area contributed by atoms with Crippen molar-refractivity contribution in [1.82, 2.24) is 16.0 Å². The first-order valence-electron chi connectivity index (χ1n) is 11.0.